The molecule has 0 bridgehead atoms. The summed E-state index contributed by atoms with van der Waals surface area (Å²) in [5.41, 5.74) is 4.73. The molecular weight excluding hydrogens is 154 g/mol. The van der Waals surface area contributed by atoms with Gasteiger partial charge in [0, 0.05) is 6.92 Å². The standard InChI is InChI=1S/C6H8F2N2O/c1-6(7,8)4-3-11-5(2-9)10-4/h3H,2,9H2,1H3. The molecule has 0 saturated carbocycles. The maximum Gasteiger partial charge on any atom is 0.290 e. The quantitative estimate of drug-likeness (QED) is 0.711. The third-order valence-corrected chi connectivity index (χ3v) is 1.18. The van der Waals surface area contributed by atoms with Crippen molar-refractivity contribution in [2.45, 2.75) is 19.4 Å². The molecule has 0 radical (unpaired) electrons. The second kappa shape index (κ2) is 2.58. The number of oxazole rings is 1. The van der Waals surface area contributed by atoms with Gasteiger partial charge in [0.25, 0.3) is 5.92 Å². The third kappa shape index (κ3) is 1.74. The predicted octanol–water partition coefficient (Wildman–Crippen LogP) is 1.24. The molecule has 0 saturated heterocycles. The van der Waals surface area contributed by atoms with Crippen LogP contribution in [0.15, 0.2) is 10.7 Å². The van der Waals surface area contributed by atoms with Gasteiger partial charge in [0.05, 0.1) is 6.54 Å². The SMILES string of the molecule is CC(F)(F)c1coc(CN)n1. The van der Waals surface area contributed by atoms with Crippen LogP contribution in [-0.2, 0) is 12.5 Å². The maximum absolute atomic E-state index is 12.4. The van der Waals surface area contributed by atoms with Crippen LogP contribution >= 0.6 is 0 Å². The molecule has 2 N–H and O–H groups in total. The molecule has 5 heteroatoms. The van der Waals surface area contributed by atoms with Crippen molar-refractivity contribution >= 4 is 0 Å². The first kappa shape index (κ1) is 8.13. The van der Waals surface area contributed by atoms with Gasteiger partial charge in [-0.2, -0.15) is 8.78 Å². The molecule has 62 valence electrons. The Morgan fingerprint density at radius 1 is 1.73 bits per heavy atom. The lowest BCUT2D eigenvalue weighted by molar-refractivity contribution is 0.0126. The van der Waals surface area contributed by atoms with Gasteiger partial charge in [-0.1, -0.05) is 0 Å². The Balaban J connectivity index is 2.89. The van der Waals surface area contributed by atoms with Crippen LogP contribution in [0.5, 0.6) is 0 Å². The minimum absolute atomic E-state index is 0.0378. The van der Waals surface area contributed by atoms with Gasteiger partial charge >= 0.3 is 0 Å². The summed E-state index contributed by atoms with van der Waals surface area (Å²) in [5.74, 6) is -2.82. The summed E-state index contributed by atoms with van der Waals surface area (Å²) in [7, 11) is 0. The molecule has 1 heterocycles. The summed E-state index contributed by atoms with van der Waals surface area (Å²) in [6.07, 6.45) is 0.919. The zero-order chi connectivity index (χ0) is 8.48. The smallest absolute Gasteiger partial charge is 0.290 e. The van der Waals surface area contributed by atoms with E-state index in [1.54, 1.807) is 0 Å². The number of halogens is 2. The molecule has 1 rings (SSSR count). The molecule has 0 spiro atoms. The molecule has 0 atom stereocenters. The maximum atomic E-state index is 12.4. The Morgan fingerprint density at radius 3 is 2.64 bits per heavy atom. The monoisotopic (exact) mass is 162 g/mol. The van der Waals surface area contributed by atoms with Crippen molar-refractivity contribution in [1.82, 2.24) is 4.98 Å². The van der Waals surface area contributed by atoms with E-state index >= 15 is 0 Å². The number of nitrogens with zero attached hydrogens (tertiary/aromatic N) is 1. The Hall–Kier alpha value is -0.970. The van der Waals surface area contributed by atoms with Gasteiger partial charge in [0.15, 0.2) is 0 Å². The average Bonchev–Trinajstić information content (AvgIpc) is 2.32. The number of hydrogen-bond donors (Lipinski definition) is 1. The Morgan fingerprint density at radius 2 is 2.36 bits per heavy atom. The van der Waals surface area contributed by atoms with E-state index < -0.39 is 5.92 Å². The Bertz CT molecular complexity index is 241. The Kier molecular flexibility index (Phi) is 1.90. The molecule has 11 heavy (non-hydrogen) atoms. The van der Waals surface area contributed by atoms with Crippen LogP contribution in [0.25, 0.3) is 0 Å². The summed E-state index contributed by atoms with van der Waals surface area (Å²) in [6.45, 7) is 0.793. The average molecular weight is 162 g/mol. The van der Waals surface area contributed by atoms with Crippen LogP contribution in [-0.4, -0.2) is 4.98 Å². The number of aromatic nitrogens is 1. The second-order valence-corrected chi connectivity index (χ2v) is 2.22. The van der Waals surface area contributed by atoms with Crippen LogP contribution in [0, 0.1) is 0 Å². The van der Waals surface area contributed by atoms with Crippen molar-refractivity contribution in [2.75, 3.05) is 0 Å². The number of rotatable bonds is 2. The van der Waals surface area contributed by atoms with Gasteiger partial charge in [-0.3, -0.25) is 0 Å². The van der Waals surface area contributed by atoms with Gasteiger partial charge in [0.1, 0.15) is 12.0 Å². The largest absolute Gasteiger partial charge is 0.447 e. The topological polar surface area (TPSA) is 52.0 Å². The number of nitrogens with two attached hydrogens (primary N) is 1. The predicted molar refractivity (Wildman–Crippen MR) is 34.0 cm³/mol. The van der Waals surface area contributed by atoms with Crippen molar-refractivity contribution in [3.8, 4) is 0 Å². The minimum atomic E-state index is -2.95. The molecule has 0 aliphatic carbocycles. The molecule has 3 nitrogen and oxygen atoms in total. The van der Waals surface area contributed by atoms with Gasteiger partial charge < -0.3 is 10.2 Å². The normalized spacial score (nSPS) is 12.0. The molecule has 1 aromatic rings. The molecule has 0 aliphatic rings. The van der Waals surface area contributed by atoms with E-state index in [-0.39, 0.29) is 18.1 Å². The van der Waals surface area contributed by atoms with Crippen LogP contribution in [0.1, 0.15) is 18.5 Å². The fraction of sp³-hybridized carbons (Fsp3) is 0.500. The summed E-state index contributed by atoms with van der Waals surface area (Å²) < 4.78 is 29.5. The summed E-state index contributed by atoms with van der Waals surface area (Å²) in [6, 6.07) is 0. The fourth-order valence-corrected chi connectivity index (χ4v) is 0.606. The van der Waals surface area contributed by atoms with E-state index in [4.69, 9.17) is 5.73 Å². The van der Waals surface area contributed by atoms with Crippen molar-refractivity contribution in [2.24, 2.45) is 5.73 Å². The summed E-state index contributed by atoms with van der Waals surface area (Å²) >= 11 is 0. The third-order valence-electron chi connectivity index (χ3n) is 1.18. The highest BCUT2D eigenvalue weighted by Crippen LogP contribution is 2.25. The van der Waals surface area contributed by atoms with Crippen LogP contribution in [0.3, 0.4) is 0 Å². The van der Waals surface area contributed by atoms with Crippen molar-refractivity contribution in [1.29, 1.82) is 0 Å². The highest BCUT2D eigenvalue weighted by Gasteiger charge is 2.28. The summed E-state index contributed by atoms with van der Waals surface area (Å²) in [5, 5.41) is 0. The van der Waals surface area contributed by atoms with Crippen LogP contribution in [0.2, 0.25) is 0 Å². The highest BCUT2D eigenvalue weighted by atomic mass is 19.3. The van der Waals surface area contributed by atoms with Gasteiger partial charge in [-0.15, -0.1) is 0 Å². The lowest BCUT2D eigenvalue weighted by atomic mass is 10.3. The second-order valence-electron chi connectivity index (χ2n) is 2.22. The van der Waals surface area contributed by atoms with E-state index in [0.717, 1.165) is 13.2 Å². The fourth-order valence-electron chi connectivity index (χ4n) is 0.606. The van der Waals surface area contributed by atoms with Gasteiger partial charge in [-0.25, -0.2) is 4.98 Å². The Labute approximate surface area is 62.2 Å². The summed E-state index contributed by atoms with van der Waals surface area (Å²) in [4.78, 5) is 3.46. The molecule has 0 amide bonds. The van der Waals surface area contributed by atoms with E-state index in [2.05, 4.69) is 9.40 Å². The van der Waals surface area contributed by atoms with E-state index in [1.807, 2.05) is 0 Å². The molecule has 0 unspecified atom stereocenters. The van der Waals surface area contributed by atoms with Crippen LogP contribution in [0.4, 0.5) is 8.78 Å². The molecule has 0 aromatic carbocycles. The number of hydrogen-bond acceptors (Lipinski definition) is 3. The lowest BCUT2D eigenvalue weighted by Gasteiger charge is -2.02. The van der Waals surface area contributed by atoms with Gasteiger partial charge in [0.2, 0.25) is 5.89 Å². The van der Waals surface area contributed by atoms with Crippen molar-refractivity contribution < 1.29 is 13.2 Å². The first-order valence-electron chi connectivity index (χ1n) is 3.07. The van der Waals surface area contributed by atoms with E-state index in [9.17, 15) is 8.78 Å². The van der Waals surface area contributed by atoms with Crippen molar-refractivity contribution in [3.63, 3.8) is 0 Å². The number of alkyl halides is 2. The van der Waals surface area contributed by atoms with Crippen molar-refractivity contribution in [3.05, 3.63) is 17.8 Å². The van der Waals surface area contributed by atoms with E-state index in [0.29, 0.717) is 0 Å². The van der Waals surface area contributed by atoms with E-state index in [1.165, 1.54) is 0 Å². The molecular formula is C6H8F2N2O. The molecule has 0 aliphatic heterocycles. The zero-order valence-electron chi connectivity index (χ0n) is 5.97. The molecule has 1 aromatic heterocycles. The first-order valence-corrected chi connectivity index (χ1v) is 3.07. The first-order chi connectivity index (χ1) is 5.04. The van der Waals surface area contributed by atoms with Gasteiger partial charge in [-0.05, 0) is 0 Å². The lowest BCUT2D eigenvalue weighted by Crippen LogP contribution is -2.08. The molecule has 0 fully saturated rings. The zero-order valence-corrected chi connectivity index (χ0v) is 5.97. The highest BCUT2D eigenvalue weighted by molar-refractivity contribution is 5.02. The van der Waals surface area contributed by atoms with Crippen LogP contribution < -0.4 is 5.73 Å². The minimum Gasteiger partial charge on any atom is -0.447 e.